The van der Waals surface area contributed by atoms with Crippen LogP contribution in [0.2, 0.25) is 0 Å². The summed E-state index contributed by atoms with van der Waals surface area (Å²) in [5.74, 6) is 4.68. The van der Waals surface area contributed by atoms with Crippen LogP contribution in [0.4, 0.5) is 0 Å². The van der Waals surface area contributed by atoms with Crippen LogP contribution in [0, 0.1) is 23.7 Å². The van der Waals surface area contributed by atoms with Gasteiger partial charge >= 0.3 is 0 Å². The molecule has 4 bridgehead atoms. The van der Waals surface area contributed by atoms with E-state index in [1.807, 2.05) is 24.5 Å². The summed E-state index contributed by atoms with van der Waals surface area (Å²) in [5.41, 5.74) is 5.86. The average molecular weight is 539 g/mol. The number of nitrogens with zero attached hydrogens (tertiary/aromatic N) is 2. The number of pyridine rings is 2. The number of carbonyl (C=O) groups is 1. The fraction of sp³-hybridized carbons (Fsp3) is 0.361. The monoisotopic (exact) mass is 538 g/mol. The van der Waals surface area contributed by atoms with Gasteiger partial charge in [-0.25, -0.2) is 0 Å². The lowest BCUT2D eigenvalue weighted by Crippen LogP contribution is -2.58. The summed E-state index contributed by atoms with van der Waals surface area (Å²) in [5, 5.41) is 4.44. The minimum atomic E-state index is -0.542. The smallest absolute Gasteiger partial charge is 0.153 e. The average Bonchev–Trinajstić information content (AvgIpc) is 3.59. The van der Waals surface area contributed by atoms with E-state index in [1.165, 1.54) is 22.3 Å². The second-order valence-corrected chi connectivity index (χ2v) is 13.4. The predicted octanol–water partition coefficient (Wildman–Crippen LogP) is 6.83. The first-order chi connectivity index (χ1) is 20.0. The van der Waals surface area contributed by atoms with E-state index in [1.54, 1.807) is 14.2 Å². The maximum Gasteiger partial charge on any atom is 0.153 e. The van der Waals surface area contributed by atoms with Gasteiger partial charge in [-0.05, 0) is 79.0 Å². The van der Waals surface area contributed by atoms with Crippen molar-refractivity contribution >= 4 is 38.4 Å². The number of methoxy groups -OCH3 is 2. The number of hydrogen-bond acceptors (Lipinski definition) is 5. The Bertz CT molecular complexity index is 1920. The highest BCUT2D eigenvalue weighted by Crippen LogP contribution is 2.84. The molecule has 2 heterocycles. The van der Waals surface area contributed by atoms with Gasteiger partial charge in [-0.3, -0.25) is 14.8 Å². The van der Waals surface area contributed by atoms with E-state index < -0.39 is 10.8 Å². The van der Waals surface area contributed by atoms with Gasteiger partial charge < -0.3 is 9.47 Å². The minimum absolute atomic E-state index is 0.306. The molecule has 8 atom stereocenters. The Morgan fingerprint density at radius 2 is 1.12 bits per heavy atom. The van der Waals surface area contributed by atoms with Crippen LogP contribution in [0.15, 0.2) is 60.9 Å². The Balaban J connectivity index is 1.26. The largest absolute Gasteiger partial charge is 0.496 e. The third-order valence-corrected chi connectivity index (χ3v) is 12.4. The van der Waals surface area contributed by atoms with Crippen LogP contribution in [0.3, 0.4) is 0 Å². The van der Waals surface area contributed by atoms with Gasteiger partial charge in [0.15, 0.2) is 5.78 Å². The fourth-order valence-electron chi connectivity index (χ4n) is 11.5. The van der Waals surface area contributed by atoms with Crippen molar-refractivity contribution in [2.24, 2.45) is 23.7 Å². The fourth-order valence-corrected chi connectivity index (χ4v) is 11.5. The lowest BCUT2D eigenvalue weighted by atomic mass is 9.42. The number of hydrogen-bond donors (Lipinski definition) is 0. The van der Waals surface area contributed by atoms with E-state index in [9.17, 15) is 4.79 Å². The molecule has 5 nitrogen and oxygen atoms in total. The molecule has 0 unspecified atom stereocenters. The standard InChI is InChI=1S/C36H30N2O3/c1-35-26-18-11-7-13-37-30(18)31-19(12-8-14-38-31)27(26)36(2,34(35)39)29-23-21-15-20(22(23)28(29)35)24-25(21)33(41-4)17-10-6-5-9-16(17)32(24)40-3/h5-14,20-23,28-29H,15H2,1-4H3/t20-,21+,22+,23-,28-,29+,35+,36-. The van der Waals surface area contributed by atoms with Crippen molar-refractivity contribution in [2.75, 3.05) is 14.2 Å². The number of carbonyl (C=O) groups excluding carboxylic acids is 1. The molecule has 5 aromatic rings. The van der Waals surface area contributed by atoms with E-state index in [2.05, 4.69) is 50.2 Å². The molecule has 0 amide bonds. The number of rotatable bonds is 2. The highest BCUT2D eigenvalue weighted by atomic mass is 16.5. The summed E-state index contributed by atoms with van der Waals surface area (Å²) in [4.78, 5) is 24.5. The summed E-state index contributed by atoms with van der Waals surface area (Å²) in [7, 11) is 3.61. The molecule has 5 aliphatic carbocycles. The molecule has 3 fully saturated rings. The normalized spacial score (nSPS) is 35.0. The Labute approximate surface area is 237 Å². The SMILES string of the molecule is COc1c2c(c(OC)c3ccccc13)[C@@H]1C[C@H]2[C@@H]2[C@H]1[C@@H]1[C@H]2[C@]2(C)C(=O)[C@@]1(C)c1c2c2cccnc2c2ncccc12. The number of Topliss-reactive ketones (excluding diaryl/α,β-unsaturated/α-hetero) is 1. The number of ketones is 1. The van der Waals surface area contributed by atoms with E-state index in [4.69, 9.17) is 19.4 Å². The number of ether oxygens (including phenoxy) is 2. The molecule has 10 rings (SSSR count). The summed E-state index contributed by atoms with van der Waals surface area (Å²) < 4.78 is 12.4. The van der Waals surface area contributed by atoms with Gasteiger partial charge in [0.25, 0.3) is 0 Å². The van der Waals surface area contributed by atoms with Crippen LogP contribution < -0.4 is 9.47 Å². The zero-order chi connectivity index (χ0) is 27.6. The van der Waals surface area contributed by atoms with E-state index in [0.717, 1.165) is 50.5 Å². The van der Waals surface area contributed by atoms with Gasteiger partial charge in [0.1, 0.15) is 11.5 Å². The van der Waals surface area contributed by atoms with Crippen LogP contribution in [0.5, 0.6) is 11.5 Å². The van der Waals surface area contributed by atoms with Gasteiger partial charge in [-0.1, -0.05) is 36.4 Å². The molecule has 2 aromatic heterocycles. The molecule has 0 saturated heterocycles. The molecule has 0 aliphatic heterocycles. The second-order valence-electron chi connectivity index (χ2n) is 13.4. The molecule has 0 N–H and O–H groups in total. The van der Waals surface area contributed by atoms with Crippen molar-refractivity contribution in [1.82, 2.24) is 9.97 Å². The third-order valence-electron chi connectivity index (χ3n) is 12.4. The molecule has 5 heteroatoms. The van der Waals surface area contributed by atoms with Crippen LogP contribution >= 0.6 is 0 Å². The van der Waals surface area contributed by atoms with E-state index >= 15 is 0 Å². The first kappa shape index (κ1) is 22.7. The molecule has 0 spiro atoms. The lowest BCUT2D eigenvalue weighted by Gasteiger charge is -2.61. The maximum atomic E-state index is 14.9. The van der Waals surface area contributed by atoms with Crippen molar-refractivity contribution in [3.63, 3.8) is 0 Å². The quantitative estimate of drug-likeness (QED) is 0.182. The molecule has 3 saturated carbocycles. The third kappa shape index (κ3) is 2.09. The first-order valence-electron chi connectivity index (χ1n) is 14.9. The maximum absolute atomic E-state index is 14.9. The summed E-state index contributed by atoms with van der Waals surface area (Å²) in [6, 6.07) is 16.8. The zero-order valence-electron chi connectivity index (χ0n) is 23.6. The topological polar surface area (TPSA) is 61.3 Å². The number of aromatic nitrogens is 2. The van der Waals surface area contributed by atoms with Gasteiger partial charge in [0, 0.05) is 45.1 Å². The van der Waals surface area contributed by atoms with E-state index in [-0.39, 0.29) is 0 Å². The second kappa shape index (κ2) is 6.89. The molecular weight excluding hydrogens is 508 g/mol. The summed E-state index contributed by atoms with van der Waals surface area (Å²) in [6.07, 6.45) is 4.81. The Kier molecular flexibility index (Phi) is 3.81. The van der Waals surface area contributed by atoms with Gasteiger partial charge in [0.2, 0.25) is 0 Å². The van der Waals surface area contributed by atoms with Crippen molar-refractivity contribution in [3.8, 4) is 11.5 Å². The summed E-state index contributed by atoms with van der Waals surface area (Å²) >= 11 is 0. The van der Waals surface area contributed by atoms with Crippen LogP contribution in [-0.4, -0.2) is 30.0 Å². The van der Waals surface area contributed by atoms with Crippen molar-refractivity contribution in [1.29, 1.82) is 0 Å². The number of fused-ring (bicyclic) bond motifs is 24. The zero-order valence-corrected chi connectivity index (χ0v) is 23.6. The van der Waals surface area contributed by atoms with Gasteiger partial charge in [-0.15, -0.1) is 0 Å². The van der Waals surface area contributed by atoms with Crippen molar-refractivity contribution < 1.29 is 14.3 Å². The van der Waals surface area contributed by atoms with Gasteiger partial charge in [-0.2, -0.15) is 0 Å². The molecule has 41 heavy (non-hydrogen) atoms. The molecule has 5 aliphatic rings. The van der Waals surface area contributed by atoms with Crippen LogP contribution in [-0.2, 0) is 15.6 Å². The highest BCUT2D eigenvalue weighted by Gasteiger charge is 2.83. The highest BCUT2D eigenvalue weighted by molar-refractivity contribution is 6.18. The molecule has 0 radical (unpaired) electrons. The first-order valence-corrected chi connectivity index (χ1v) is 14.9. The molecule has 3 aromatic carbocycles. The van der Waals surface area contributed by atoms with E-state index in [0.29, 0.717) is 41.3 Å². The van der Waals surface area contributed by atoms with Gasteiger partial charge in [0.05, 0.1) is 36.1 Å². The molecular formula is C36H30N2O3. The van der Waals surface area contributed by atoms with Crippen molar-refractivity contribution in [3.05, 3.63) is 83.2 Å². The Morgan fingerprint density at radius 3 is 1.56 bits per heavy atom. The van der Waals surface area contributed by atoms with Crippen LogP contribution in [0.1, 0.15) is 54.4 Å². The lowest BCUT2D eigenvalue weighted by molar-refractivity contribution is -0.125. The Hall–Kier alpha value is -3.99. The Morgan fingerprint density at radius 1 is 0.683 bits per heavy atom. The van der Waals surface area contributed by atoms with Crippen LogP contribution in [0.25, 0.3) is 32.6 Å². The minimum Gasteiger partial charge on any atom is -0.496 e. The van der Waals surface area contributed by atoms with Crippen molar-refractivity contribution in [2.45, 2.75) is 42.9 Å². The molecule has 202 valence electrons. The predicted molar refractivity (Wildman–Crippen MR) is 158 cm³/mol. The summed E-state index contributed by atoms with van der Waals surface area (Å²) in [6.45, 7) is 4.53. The number of benzene rings is 3.